The van der Waals surface area contributed by atoms with E-state index in [9.17, 15) is 0 Å². The molecule has 98 valence electrons. The van der Waals surface area contributed by atoms with Gasteiger partial charge in [-0.1, -0.05) is 68.7 Å². The molecule has 0 fully saturated rings. The monoisotopic (exact) mass is 250 g/mol. The largest absolute Gasteiger partial charge is 0.0654 e. The van der Waals surface area contributed by atoms with E-state index in [0.29, 0.717) is 0 Å². The lowest BCUT2D eigenvalue weighted by Gasteiger charge is -2.09. The van der Waals surface area contributed by atoms with Gasteiger partial charge in [-0.25, -0.2) is 0 Å². The number of hydrogen-bond donors (Lipinski definition) is 0. The Morgan fingerprint density at radius 2 is 1.68 bits per heavy atom. The molecule has 0 spiro atoms. The second-order valence-corrected chi connectivity index (χ2v) is 5.60. The molecule has 0 N–H and O–H groups in total. The van der Waals surface area contributed by atoms with Gasteiger partial charge < -0.3 is 0 Å². The highest BCUT2D eigenvalue weighted by Gasteiger charge is 2.19. The first-order chi connectivity index (χ1) is 9.40. The van der Waals surface area contributed by atoms with Gasteiger partial charge >= 0.3 is 0 Å². The number of benzene rings is 2. The van der Waals surface area contributed by atoms with Crippen LogP contribution in [0.15, 0.2) is 42.5 Å². The molecule has 0 amide bonds. The summed E-state index contributed by atoms with van der Waals surface area (Å²) in [5, 5.41) is 0. The summed E-state index contributed by atoms with van der Waals surface area (Å²) in [7, 11) is 0. The molecule has 0 saturated heterocycles. The fraction of sp³-hybridized carbons (Fsp3) is 0.368. The molecule has 0 radical (unpaired) electrons. The highest BCUT2D eigenvalue weighted by Crippen LogP contribution is 2.39. The highest BCUT2D eigenvalue weighted by atomic mass is 14.2. The van der Waals surface area contributed by atoms with Gasteiger partial charge in [-0.05, 0) is 47.1 Å². The zero-order valence-electron chi connectivity index (χ0n) is 11.8. The molecule has 2 aromatic carbocycles. The lowest BCUT2D eigenvalue weighted by Crippen LogP contribution is -1.91. The van der Waals surface area contributed by atoms with Crippen LogP contribution < -0.4 is 0 Å². The molecule has 0 heterocycles. The van der Waals surface area contributed by atoms with Crippen molar-refractivity contribution in [3.05, 3.63) is 59.2 Å². The molecular formula is C19H22. The van der Waals surface area contributed by atoms with Crippen LogP contribution in [0.5, 0.6) is 0 Å². The Hall–Kier alpha value is -1.56. The summed E-state index contributed by atoms with van der Waals surface area (Å²) < 4.78 is 0. The number of fused-ring (bicyclic) bond motifs is 3. The maximum Gasteiger partial charge on any atom is -0.00134 e. The summed E-state index contributed by atoms with van der Waals surface area (Å²) >= 11 is 0. The molecule has 0 bridgehead atoms. The van der Waals surface area contributed by atoms with Crippen molar-refractivity contribution in [2.45, 2.75) is 45.4 Å². The van der Waals surface area contributed by atoms with Crippen LogP contribution in [0.25, 0.3) is 11.1 Å². The van der Waals surface area contributed by atoms with Crippen LogP contribution in [0.4, 0.5) is 0 Å². The van der Waals surface area contributed by atoms with Crippen molar-refractivity contribution in [1.29, 1.82) is 0 Å². The van der Waals surface area contributed by atoms with Gasteiger partial charge in [-0.2, -0.15) is 0 Å². The molecule has 0 atom stereocenters. The van der Waals surface area contributed by atoms with Crippen LogP contribution in [-0.4, -0.2) is 0 Å². The zero-order chi connectivity index (χ0) is 13.1. The number of rotatable bonds is 5. The Morgan fingerprint density at radius 3 is 2.58 bits per heavy atom. The molecule has 0 heteroatoms. The van der Waals surface area contributed by atoms with Crippen molar-refractivity contribution in [1.82, 2.24) is 0 Å². The molecule has 0 nitrogen and oxygen atoms in total. The first kappa shape index (κ1) is 12.5. The molecule has 2 aromatic rings. The van der Waals surface area contributed by atoms with E-state index < -0.39 is 0 Å². The molecule has 0 saturated carbocycles. The fourth-order valence-electron chi connectivity index (χ4n) is 3.22. The summed E-state index contributed by atoms with van der Waals surface area (Å²) in [5.41, 5.74) is 7.59. The van der Waals surface area contributed by atoms with Crippen molar-refractivity contribution in [2.24, 2.45) is 0 Å². The van der Waals surface area contributed by atoms with Crippen molar-refractivity contribution < 1.29 is 0 Å². The van der Waals surface area contributed by atoms with Gasteiger partial charge in [0.15, 0.2) is 0 Å². The van der Waals surface area contributed by atoms with E-state index in [1.807, 2.05) is 0 Å². The normalized spacial score (nSPS) is 12.3. The van der Waals surface area contributed by atoms with E-state index in [1.165, 1.54) is 54.4 Å². The Kier molecular flexibility index (Phi) is 3.68. The van der Waals surface area contributed by atoms with Crippen LogP contribution in [0.1, 0.15) is 49.3 Å². The second kappa shape index (κ2) is 5.61. The van der Waals surface area contributed by atoms with E-state index in [0.717, 1.165) is 6.42 Å². The Balaban J connectivity index is 1.87. The van der Waals surface area contributed by atoms with Gasteiger partial charge in [0.1, 0.15) is 0 Å². The maximum atomic E-state index is 2.33. The van der Waals surface area contributed by atoms with Crippen molar-refractivity contribution in [3.8, 4) is 11.1 Å². The quantitative estimate of drug-likeness (QED) is 0.533. The van der Waals surface area contributed by atoms with Crippen LogP contribution in [0.3, 0.4) is 0 Å². The van der Waals surface area contributed by atoms with Gasteiger partial charge in [-0.15, -0.1) is 0 Å². The first-order valence-corrected chi connectivity index (χ1v) is 7.59. The van der Waals surface area contributed by atoms with Gasteiger partial charge in [0.2, 0.25) is 0 Å². The predicted octanol–water partition coefficient (Wildman–Crippen LogP) is 5.38. The van der Waals surface area contributed by atoms with Gasteiger partial charge in [-0.3, -0.25) is 0 Å². The van der Waals surface area contributed by atoms with Gasteiger partial charge in [0, 0.05) is 0 Å². The molecule has 1 aliphatic carbocycles. The molecule has 0 unspecified atom stereocenters. The van der Waals surface area contributed by atoms with E-state index in [1.54, 1.807) is 5.56 Å². The minimum Gasteiger partial charge on any atom is -0.0654 e. The van der Waals surface area contributed by atoms with Crippen LogP contribution >= 0.6 is 0 Å². The van der Waals surface area contributed by atoms with Crippen LogP contribution in [0, 0.1) is 0 Å². The average Bonchev–Trinajstić information content (AvgIpc) is 2.83. The first-order valence-electron chi connectivity index (χ1n) is 7.59. The molecule has 1 aliphatic rings. The summed E-state index contributed by atoms with van der Waals surface area (Å²) in [4.78, 5) is 0. The van der Waals surface area contributed by atoms with Crippen LogP contribution in [-0.2, 0) is 12.8 Å². The molecule has 3 rings (SSSR count). The minimum atomic E-state index is 1.12. The third-order valence-electron chi connectivity index (χ3n) is 4.20. The minimum absolute atomic E-state index is 1.12. The van der Waals surface area contributed by atoms with Crippen molar-refractivity contribution >= 4 is 0 Å². The third kappa shape index (κ3) is 2.45. The van der Waals surface area contributed by atoms with Gasteiger partial charge in [0.05, 0.1) is 0 Å². The lowest BCUT2D eigenvalue weighted by molar-refractivity contribution is 0.667. The Bertz CT molecular complexity index is 566. The van der Waals surface area contributed by atoms with E-state index in [-0.39, 0.29) is 0 Å². The second-order valence-electron chi connectivity index (χ2n) is 5.60. The predicted molar refractivity (Wildman–Crippen MR) is 82.5 cm³/mol. The highest BCUT2D eigenvalue weighted by molar-refractivity contribution is 5.79. The summed E-state index contributed by atoms with van der Waals surface area (Å²) in [6, 6.07) is 15.7. The average molecular weight is 250 g/mol. The standard InChI is InChI=1S/C19H22/c1-2-3-4-5-9-15-11-8-12-17-14-16-10-6-7-13-18(16)19(15)17/h6-8,10-13H,2-5,9,14H2,1H3. The Labute approximate surface area is 116 Å². The maximum absolute atomic E-state index is 2.33. The summed E-state index contributed by atoms with van der Waals surface area (Å²) in [6.45, 7) is 2.27. The molecule has 0 aromatic heterocycles. The third-order valence-corrected chi connectivity index (χ3v) is 4.20. The SMILES string of the molecule is CCCCCCc1cccc2c1-c1ccccc1C2. The van der Waals surface area contributed by atoms with E-state index >= 15 is 0 Å². The zero-order valence-corrected chi connectivity index (χ0v) is 11.8. The summed E-state index contributed by atoms with van der Waals surface area (Å²) in [5.74, 6) is 0. The molecule has 0 aliphatic heterocycles. The van der Waals surface area contributed by atoms with Crippen molar-refractivity contribution in [3.63, 3.8) is 0 Å². The molecular weight excluding hydrogens is 228 g/mol. The van der Waals surface area contributed by atoms with Gasteiger partial charge in [0.25, 0.3) is 0 Å². The van der Waals surface area contributed by atoms with E-state index in [2.05, 4.69) is 49.4 Å². The van der Waals surface area contributed by atoms with Crippen molar-refractivity contribution in [2.75, 3.05) is 0 Å². The van der Waals surface area contributed by atoms with Crippen LogP contribution in [0.2, 0.25) is 0 Å². The number of hydrogen-bond acceptors (Lipinski definition) is 0. The van der Waals surface area contributed by atoms with E-state index in [4.69, 9.17) is 0 Å². The lowest BCUT2D eigenvalue weighted by atomic mass is 9.95. The topological polar surface area (TPSA) is 0 Å². The molecule has 19 heavy (non-hydrogen) atoms. The number of aryl methyl sites for hydroxylation is 1. The smallest absolute Gasteiger partial charge is 0.00134 e. The fourth-order valence-corrected chi connectivity index (χ4v) is 3.22. The Morgan fingerprint density at radius 1 is 0.842 bits per heavy atom. The summed E-state index contributed by atoms with van der Waals surface area (Å²) in [6.07, 6.45) is 7.72. The number of unbranched alkanes of at least 4 members (excludes halogenated alkanes) is 3.